The van der Waals surface area contributed by atoms with Crippen LogP contribution in [0.5, 0.6) is 0 Å². The highest BCUT2D eigenvalue weighted by Crippen LogP contribution is 2.27. The molecule has 1 saturated heterocycles. The Kier molecular flexibility index (Phi) is 8.01. The molecule has 2 heterocycles. The number of para-hydroxylation sites is 1. The second kappa shape index (κ2) is 11.6. The number of aromatic amines is 1. The van der Waals surface area contributed by atoms with E-state index in [0.717, 1.165) is 23.1 Å². The highest BCUT2D eigenvalue weighted by atomic mass is 35.5. The normalized spacial score (nSPS) is 17.6. The van der Waals surface area contributed by atoms with Gasteiger partial charge < -0.3 is 19.7 Å². The molecule has 1 amide bonds. The van der Waals surface area contributed by atoms with Crippen molar-refractivity contribution in [2.45, 2.75) is 31.7 Å². The lowest BCUT2D eigenvalue weighted by atomic mass is 10.1. The van der Waals surface area contributed by atoms with Crippen LogP contribution in [0.15, 0.2) is 79.0 Å². The number of β-amino-alcohol motifs (C(OH)–C–C–N with tert-alkyl or cyclic N) is 1. The van der Waals surface area contributed by atoms with Crippen molar-refractivity contribution >= 4 is 40.2 Å². The molecule has 192 valence electrons. The number of aliphatic hydroxyl groups excluding tert-OH is 1. The third-order valence-corrected chi connectivity index (χ3v) is 7.52. The van der Waals surface area contributed by atoms with Crippen molar-refractivity contribution in [3.63, 3.8) is 0 Å². The third-order valence-electron chi connectivity index (χ3n) is 6.92. The molecule has 0 aliphatic carbocycles. The van der Waals surface area contributed by atoms with Gasteiger partial charge in [-0.1, -0.05) is 71.7 Å². The standard InChI is InChI=1S/C29H29Cl2N3O3/c30-23-10-11-25(31)22(14-23)16-33(13-12-21-15-32-26-9-5-4-8-24(21)26)27-17-34(18-28(27)35)29(36)37-19-20-6-2-1-3-7-20/h1-11,14-15,27-28,32,35H,12-13,16-19H2/t27-,28-/m1/s1. The lowest BCUT2D eigenvalue weighted by molar-refractivity contribution is 0.0783. The van der Waals surface area contributed by atoms with E-state index in [0.29, 0.717) is 29.7 Å². The first-order valence-electron chi connectivity index (χ1n) is 12.3. The van der Waals surface area contributed by atoms with Crippen LogP contribution in [0.1, 0.15) is 16.7 Å². The maximum Gasteiger partial charge on any atom is 0.410 e. The van der Waals surface area contributed by atoms with Crippen LogP contribution in [0.2, 0.25) is 10.0 Å². The van der Waals surface area contributed by atoms with Crippen molar-refractivity contribution in [1.82, 2.24) is 14.8 Å². The molecule has 5 rings (SSSR count). The first-order valence-corrected chi connectivity index (χ1v) is 13.1. The van der Waals surface area contributed by atoms with Gasteiger partial charge in [0, 0.05) is 46.8 Å². The zero-order valence-corrected chi connectivity index (χ0v) is 21.8. The molecule has 8 heteroatoms. The minimum atomic E-state index is -0.717. The smallest absolute Gasteiger partial charge is 0.410 e. The van der Waals surface area contributed by atoms with Crippen LogP contribution in [-0.2, 0) is 24.3 Å². The van der Waals surface area contributed by atoms with E-state index in [1.165, 1.54) is 10.9 Å². The Morgan fingerprint density at radius 3 is 2.65 bits per heavy atom. The molecular formula is C29H29Cl2N3O3. The SMILES string of the molecule is O=C(OCc1ccccc1)N1C[C@@H](O)[C@H](N(CCc2c[nH]c3ccccc23)Cc2cc(Cl)ccc2Cl)C1. The average Bonchev–Trinajstić information content (AvgIpc) is 3.51. The van der Waals surface area contributed by atoms with Gasteiger partial charge in [-0.2, -0.15) is 0 Å². The summed E-state index contributed by atoms with van der Waals surface area (Å²) in [5, 5.41) is 13.4. The van der Waals surface area contributed by atoms with Crippen molar-refractivity contribution in [2.24, 2.45) is 0 Å². The Bertz CT molecular complexity index is 1360. The van der Waals surface area contributed by atoms with Crippen LogP contribution in [0, 0.1) is 0 Å². The summed E-state index contributed by atoms with van der Waals surface area (Å²) in [6.45, 7) is 1.93. The largest absolute Gasteiger partial charge is 0.445 e. The average molecular weight is 538 g/mol. The predicted molar refractivity (Wildman–Crippen MR) is 147 cm³/mol. The third kappa shape index (κ3) is 6.11. The zero-order chi connectivity index (χ0) is 25.8. The lowest BCUT2D eigenvalue weighted by Gasteiger charge is -2.31. The topological polar surface area (TPSA) is 68.8 Å². The Balaban J connectivity index is 1.31. The fraction of sp³-hybridized carbons (Fsp3) is 0.276. The monoisotopic (exact) mass is 537 g/mol. The van der Waals surface area contributed by atoms with Gasteiger partial charge in [0.1, 0.15) is 6.61 Å². The van der Waals surface area contributed by atoms with Crippen LogP contribution in [0.3, 0.4) is 0 Å². The lowest BCUT2D eigenvalue weighted by Crippen LogP contribution is -2.44. The molecule has 1 aliphatic rings. The number of carbonyl (C=O) groups is 1. The van der Waals surface area contributed by atoms with Crippen molar-refractivity contribution in [3.05, 3.63) is 106 Å². The minimum absolute atomic E-state index is 0.194. The number of nitrogens with zero attached hydrogens (tertiary/aromatic N) is 2. The second-order valence-electron chi connectivity index (χ2n) is 9.40. The number of ether oxygens (including phenoxy) is 1. The molecule has 2 N–H and O–H groups in total. The van der Waals surface area contributed by atoms with Gasteiger partial charge in [-0.15, -0.1) is 0 Å². The number of carbonyl (C=O) groups excluding carboxylic acids is 1. The molecular weight excluding hydrogens is 509 g/mol. The summed E-state index contributed by atoms with van der Waals surface area (Å²) in [7, 11) is 0. The number of likely N-dealkylation sites (tertiary alicyclic amines) is 1. The molecule has 1 aromatic heterocycles. The number of fused-ring (bicyclic) bond motifs is 1. The second-order valence-corrected chi connectivity index (χ2v) is 10.2. The minimum Gasteiger partial charge on any atom is -0.445 e. The number of benzene rings is 3. The van der Waals surface area contributed by atoms with Crippen LogP contribution < -0.4 is 0 Å². The Morgan fingerprint density at radius 1 is 1.03 bits per heavy atom. The fourth-order valence-electron chi connectivity index (χ4n) is 4.94. The molecule has 6 nitrogen and oxygen atoms in total. The van der Waals surface area contributed by atoms with Crippen molar-refractivity contribution < 1.29 is 14.6 Å². The number of aromatic nitrogens is 1. The van der Waals surface area contributed by atoms with Gasteiger partial charge >= 0.3 is 6.09 Å². The molecule has 1 fully saturated rings. The molecule has 4 aromatic rings. The van der Waals surface area contributed by atoms with Crippen molar-refractivity contribution in [2.75, 3.05) is 19.6 Å². The van der Waals surface area contributed by atoms with Gasteiger partial charge in [0.15, 0.2) is 0 Å². The van der Waals surface area contributed by atoms with E-state index < -0.39 is 12.2 Å². The van der Waals surface area contributed by atoms with Gasteiger partial charge in [-0.3, -0.25) is 4.90 Å². The summed E-state index contributed by atoms with van der Waals surface area (Å²) in [5.41, 5.74) is 4.09. The summed E-state index contributed by atoms with van der Waals surface area (Å²) < 4.78 is 5.52. The fourth-order valence-corrected chi connectivity index (χ4v) is 5.31. The zero-order valence-electron chi connectivity index (χ0n) is 20.3. The number of rotatable bonds is 8. The number of hydrogen-bond acceptors (Lipinski definition) is 4. The first-order chi connectivity index (χ1) is 18.0. The van der Waals surface area contributed by atoms with Crippen molar-refractivity contribution in [3.8, 4) is 0 Å². The molecule has 37 heavy (non-hydrogen) atoms. The quantitative estimate of drug-likeness (QED) is 0.293. The van der Waals surface area contributed by atoms with E-state index in [-0.39, 0.29) is 19.2 Å². The number of aliphatic hydroxyl groups is 1. The molecule has 0 spiro atoms. The van der Waals surface area contributed by atoms with Crippen LogP contribution in [-0.4, -0.2) is 57.8 Å². The molecule has 3 aromatic carbocycles. The highest BCUT2D eigenvalue weighted by molar-refractivity contribution is 6.33. The summed E-state index contributed by atoms with van der Waals surface area (Å²) in [4.78, 5) is 19.9. The van der Waals surface area contributed by atoms with Gasteiger partial charge in [-0.25, -0.2) is 4.79 Å². The van der Waals surface area contributed by atoms with Gasteiger partial charge in [0.05, 0.1) is 18.7 Å². The van der Waals surface area contributed by atoms with Crippen molar-refractivity contribution in [1.29, 1.82) is 0 Å². The number of amides is 1. The number of hydrogen-bond donors (Lipinski definition) is 2. The molecule has 0 radical (unpaired) electrons. The number of halogens is 2. The Morgan fingerprint density at radius 2 is 1.81 bits per heavy atom. The summed E-state index contributed by atoms with van der Waals surface area (Å²) in [5.74, 6) is 0. The molecule has 0 bridgehead atoms. The molecule has 1 aliphatic heterocycles. The maximum absolute atomic E-state index is 12.8. The maximum atomic E-state index is 12.8. The van der Waals surface area contributed by atoms with E-state index in [9.17, 15) is 9.90 Å². The Hall–Kier alpha value is -3.03. The molecule has 0 saturated carbocycles. The van der Waals surface area contributed by atoms with Crippen LogP contribution >= 0.6 is 23.2 Å². The molecule has 2 atom stereocenters. The van der Waals surface area contributed by atoms with E-state index in [1.54, 1.807) is 17.0 Å². The number of nitrogens with one attached hydrogen (secondary N) is 1. The summed E-state index contributed by atoms with van der Waals surface area (Å²) in [6.07, 6.45) is 1.66. The summed E-state index contributed by atoms with van der Waals surface area (Å²) >= 11 is 12.8. The van der Waals surface area contributed by atoms with E-state index >= 15 is 0 Å². The van der Waals surface area contributed by atoms with Crippen LogP contribution in [0.25, 0.3) is 10.9 Å². The van der Waals surface area contributed by atoms with E-state index in [2.05, 4.69) is 22.0 Å². The predicted octanol–water partition coefficient (Wildman–Crippen LogP) is 5.90. The van der Waals surface area contributed by atoms with E-state index in [4.69, 9.17) is 27.9 Å². The molecule has 0 unspecified atom stereocenters. The van der Waals surface area contributed by atoms with Gasteiger partial charge in [-0.05, 0) is 47.4 Å². The number of H-pyrrole nitrogens is 1. The van der Waals surface area contributed by atoms with Gasteiger partial charge in [0.25, 0.3) is 0 Å². The highest BCUT2D eigenvalue weighted by Gasteiger charge is 2.38. The Labute approximate surface area is 226 Å². The first kappa shape index (κ1) is 25.6. The van der Waals surface area contributed by atoms with E-state index in [1.807, 2.05) is 54.7 Å². The van der Waals surface area contributed by atoms with Crippen LogP contribution in [0.4, 0.5) is 4.79 Å². The summed E-state index contributed by atoms with van der Waals surface area (Å²) in [6, 6.07) is 22.9. The van der Waals surface area contributed by atoms with Gasteiger partial charge in [0.2, 0.25) is 0 Å².